The third-order valence-corrected chi connectivity index (χ3v) is 4.54. The summed E-state index contributed by atoms with van der Waals surface area (Å²) in [6.07, 6.45) is 0. The van der Waals surface area contributed by atoms with E-state index in [1.165, 1.54) is 16.4 Å². The van der Waals surface area contributed by atoms with E-state index in [0.29, 0.717) is 0 Å². The van der Waals surface area contributed by atoms with E-state index in [1.807, 2.05) is 6.07 Å². The Labute approximate surface area is 107 Å². The minimum Gasteiger partial charge on any atom is -0.212 e. The van der Waals surface area contributed by atoms with Crippen LogP contribution in [0.3, 0.4) is 0 Å². The van der Waals surface area contributed by atoms with E-state index in [1.54, 1.807) is 13.8 Å². The van der Waals surface area contributed by atoms with Crippen LogP contribution in [0.2, 0.25) is 0 Å². The average molecular weight is 270 g/mol. The zero-order chi connectivity index (χ0) is 13.8. The van der Waals surface area contributed by atoms with Crippen LogP contribution < -0.4 is 0 Å². The zero-order valence-electron chi connectivity index (χ0n) is 10.4. The van der Waals surface area contributed by atoms with Crippen molar-refractivity contribution in [3.05, 3.63) is 35.1 Å². The summed E-state index contributed by atoms with van der Waals surface area (Å²) in [6, 6.07) is 5.87. The highest BCUT2D eigenvalue weighted by Crippen LogP contribution is 2.14. The van der Waals surface area contributed by atoms with Gasteiger partial charge in [0.05, 0.1) is 17.4 Å². The Morgan fingerprint density at radius 3 is 2.50 bits per heavy atom. The van der Waals surface area contributed by atoms with Gasteiger partial charge in [0.2, 0.25) is 10.0 Å². The molecule has 0 spiro atoms. The van der Waals surface area contributed by atoms with Crippen molar-refractivity contribution in [2.24, 2.45) is 0 Å². The summed E-state index contributed by atoms with van der Waals surface area (Å²) < 4.78 is 38.3. The van der Waals surface area contributed by atoms with Crippen LogP contribution in [-0.2, 0) is 16.6 Å². The van der Waals surface area contributed by atoms with Crippen LogP contribution in [-0.4, -0.2) is 25.0 Å². The SMILES string of the molecule is CCN(Cc1ccc(C#N)cc1F)S(=O)(=O)CC. The smallest absolute Gasteiger partial charge is 0.212 e. The molecule has 0 unspecified atom stereocenters. The van der Waals surface area contributed by atoms with Gasteiger partial charge in [-0.05, 0) is 19.1 Å². The van der Waals surface area contributed by atoms with Gasteiger partial charge in [-0.2, -0.15) is 9.57 Å². The lowest BCUT2D eigenvalue weighted by Gasteiger charge is -2.19. The van der Waals surface area contributed by atoms with Gasteiger partial charge in [-0.1, -0.05) is 13.0 Å². The summed E-state index contributed by atoms with van der Waals surface area (Å²) >= 11 is 0. The predicted octanol–water partition coefficient (Wildman–Crippen LogP) is 1.87. The third kappa shape index (κ3) is 3.28. The molecular formula is C12H15FN2O2S. The first-order valence-corrected chi connectivity index (χ1v) is 7.21. The highest BCUT2D eigenvalue weighted by Gasteiger charge is 2.19. The quantitative estimate of drug-likeness (QED) is 0.820. The molecule has 0 saturated heterocycles. The van der Waals surface area contributed by atoms with E-state index in [-0.39, 0.29) is 30.0 Å². The molecule has 0 aliphatic heterocycles. The first kappa shape index (κ1) is 14.6. The summed E-state index contributed by atoms with van der Waals surface area (Å²) in [5.74, 6) is -0.572. The second-order valence-corrected chi connectivity index (χ2v) is 6.00. The normalized spacial score (nSPS) is 11.5. The van der Waals surface area contributed by atoms with E-state index in [4.69, 9.17) is 5.26 Å². The number of rotatable bonds is 5. The van der Waals surface area contributed by atoms with Gasteiger partial charge < -0.3 is 0 Å². The lowest BCUT2D eigenvalue weighted by atomic mass is 10.1. The largest absolute Gasteiger partial charge is 0.214 e. The second-order valence-electron chi connectivity index (χ2n) is 3.74. The van der Waals surface area contributed by atoms with Crippen molar-refractivity contribution in [1.82, 2.24) is 4.31 Å². The van der Waals surface area contributed by atoms with Crippen molar-refractivity contribution in [2.75, 3.05) is 12.3 Å². The molecule has 0 fully saturated rings. The molecule has 0 aromatic heterocycles. The van der Waals surface area contributed by atoms with Crippen LogP contribution >= 0.6 is 0 Å². The summed E-state index contributed by atoms with van der Waals surface area (Å²) in [4.78, 5) is 0. The summed E-state index contributed by atoms with van der Waals surface area (Å²) in [5, 5.41) is 8.63. The Morgan fingerprint density at radius 1 is 1.39 bits per heavy atom. The first-order valence-electron chi connectivity index (χ1n) is 5.61. The molecule has 1 aromatic rings. The zero-order valence-corrected chi connectivity index (χ0v) is 11.2. The highest BCUT2D eigenvalue weighted by atomic mass is 32.2. The van der Waals surface area contributed by atoms with Crippen molar-refractivity contribution >= 4 is 10.0 Å². The number of benzene rings is 1. The Hall–Kier alpha value is -1.45. The van der Waals surface area contributed by atoms with Crippen LogP contribution in [0.25, 0.3) is 0 Å². The van der Waals surface area contributed by atoms with Crippen LogP contribution in [0.15, 0.2) is 18.2 Å². The highest BCUT2D eigenvalue weighted by molar-refractivity contribution is 7.89. The van der Waals surface area contributed by atoms with Gasteiger partial charge in [0.1, 0.15) is 5.82 Å². The van der Waals surface area contributed by atoms with Gasteiger partial charge in [-0.15, -0.1) is 0 Å². The first-order chi connectivity index (χ1) is 8.44. The topological polar surface area (TPSA) is 61.2 Å². The van der Waals surface area contributed by atoms with E-state index >= 15 is 0 Å². The molecule has 1 aromatic carbocycles. The van der Waals surface area contributed by atoms with E-state index < -0.39 is 15.8 Å². The Balaban J connectivity index is 3.00. The maximum absolute atomic E-state index is 13.7. The molecule has 0 bridgehead atoms. The van der Waals surface area contributed by atoms with Crippen molar-refractivity contribution in [3.8, 4) is 6.07 Å². The Kier molecular flexibility index (Phi) is 4.82. The number of sulfonamides is 1. The summed E-state index contributed by atoms with van der Waals surface area (Å²) in [7, 11) is -3.34. The van der Waals surface area contributed by atoms with Gasteiger partial charge in [-0.3, -0.25) is 0 Å². The van der Waals surface area contributed by atoms with Crippen LogP contribution in [0.4, 0.5) is 4.39 Å². The molecule has 4 nitrogen and oxygen atoms in total. The molecule has 6 heteroatoms. The van der Waals surface area contributed by atoms with Crippen molar-refractivity contribution < 1.29 is 12.8 Å². The van der Waals surface area contributed by atoms with Gasteiger partial charge in [0.15, 0.2) is 0 Å². The van der Waals surface area contributed by atoms with E-state index in [0.717, 1.165) is 6.07 Å². The van der Waals surface area contributed by atoms with Gasteiger partial charge in [0, 0.05) is 18.7 Å². The fourth-order valence-corrected chi connectivity index (χ4v) is 2.62. The summed E-state index contributed by atoms with van der Waals surface area (Å²) in [6.45, 7) is 3.53. The van der Waals surface area contributed by atoms with Gasteiger partial charge in [0.25, 0.3) is 0 Å². The van der Waals surface area contributed by atoms with Crippen LogP contribution in [0, 0.1) is 17.1 Å². The Morgan fingerprint density at radius 2 is 2.06 bits per heavy atom. The Bertz CT molecular complexity index is 564. The molecule has 0 radical (unpaired) electrons. The summed E-state index contributed by atoms with van der Waals surface area (Å²) in [5.41, 5.74) is 0.491. The fourth-order valence-electron chi connectivity index (χ4n) is 1.52. The van der Waals surface area contributed by atoms with Crippen LogP contribution in [0.1, 0.15) is 25.0 Å². The predicted molar refractivity (Wildman–Crippen MR) is 66.7 cm³/mol. The van der Waals surface area contributed by atoms with Gasteiger partial charge >= 0.3 is 0 Å². The molecule has 0 aliphatic rings. The van der Waals surface area contributed by atoms with Gasteiger partial charge in [-0.25, -0.2) is 12.8 Å². The second kappa shape index (κ2) is 5.94. The molecule has 98 valence electrons. The number of hydrogen-bond donors (Lipinski definition) is 0. The molecule has 0 aliphatic carbocycles. The molecule has 0 saturated carbocycles. The molecular weight excluding hydrogens is 255 g/mol. The van der Waals surface area contributed by atoms with Crippen molar-refractivity contribution in [3.63, 3.8) is 0 Å². The molecule has 0 N–H and O–H groups in total. The lowest BCUT2D eigenvalue weighted by Crippen LogP contribution is -2.32. The number of nitriles is 1. The number of nitrogens with zero attached hydrogens (tertiary/aromatic N) is 2. The minimum absolute atomic E-state index is 0.00971. The molecule has 0 atom stereocenters. The molecule has 1 rings (SSSR count). The molecule has 18 heavy (non-hydrogen) atoms. The minimum atomic E-state index is -3.34. The number of hydrogen-bond acceptors (Lipinski definition) is 3. The number of halogens is 1. The third-order valence-electron chi connectivity index (χ3n) is 2.64. The van der Waals surface area contributed by atoms with Crippen molar-refractivity contribution in [2.45, 2.75) is 20.4 Å². The molecule has 0 heterocycles. The van der Waals surface area contributed by atoms with E-state index in [9.17, 15) is 12.8 Å². The lowest BCUT2D eigenvalue weighted by molar-refractivity contribution is 0.416. The molecule has 0 amide bonds. The average Bonchev–Trinajstić information content (AvgIpc) is 2.36. The standard InChI is InChI=1S/C12H15FN2O2S/c1-3-15(18(16,17)4-2)9-11-6-5-10(8-14)7-12(11)13/h5-7H,3-4,9H2,1-2H3. The van der Waals surface area contributed by atoms with Crippen LogP contribution in [0.5, 0.6) is 0 Å². The fraction of sp³-hybridized carbons (Fsp3) is 0.417. The van der Waals surface area contributed by atoms with Crippen molar-refractivity contribution in [1.29, 1.82) is 5.26 Å². The monoisotopic (exact) mass is 270 g/mol. The maximum Gasteiger partial charge on any atom is 0.214 e. The maximum atomic E-state index is 13.7. The van der Waals surface area contributed by atoms with E-state index in [2.05, 4.69) is 0 Å².